The second-order valence-electron chi connectivity index (χ2n) is 8.66. The summed E-state index contributed by atoms with van der Waals surface area (Å²) in [6.45, 7) is 3.47. The van der Waals surface area contributed by atoms with E-state index >= 15 is 0 Å². The van der Waals surface area contributed by atoms with Crippen LogP contribution in [0.4, 0.5) is 5.69 Å². The minimum Gasteiger partial charge on any atom is -0.755 e. The number of hydrogen-bond acceptors (Lipinski definition) is 7. The Morgan fingerprint density at radius 3 is 2.75 bits per heavy atom. The molecule has 4 rings (SSSR count). The number of nitrogens with zero attached hydrogens (tertiary/aromatic N) is 4. The molecule has 2 bridgehead atoms. The lowest BCUT2D eigenvalue weighted by Gasteiger charge is -2.38. The van der Waals surface area contributed by atoms with Crippen molar-refractivity contribution in [3.63, 3.8) is 0 Å². The second-order valence-corrected chi connectivity index (χ2v) is 9.34. The molecule has 0 saturated carbocycles. The highest BCUT2D eigenvalue weighted by Crippen LogP contribution is 2.38. The number of anilines is 1. The Hall–Kier alpha value is -2.52. The van der Waals surface area contributed by atoms with Gasteiger partial charge >= 0.3 is 0 Å². The first kappa shape index (κ1) is 22.7. The maximum absolute atomic E-state index is 13.1. The van der Waals surface area contributed by atoms with Crippen molar-refractivity contribution in [2.75, 3.05) is 24.4 Å². The van der Waals surface area contributed by atoms with Gasteiger partial charge in [-0.25, -0.2) is 0 Å². The number of rotatable bonds is 7. The van der Waals surface area contributed by atoms with Gasteiger partial charge in [0.1, 0.15) is 6.04 Å². The Morgan fingerprint density at radius 2 is 2.12 bits per heavy atom. The van der Waals surface area contributed by atoms with Gasteiger partial charge in [-0.15, -0.1) is 0 Å². The molecule has 32 heavy (non-hydrogen) atoms. The fraction of sp³-hybridized carbons (Fsp3) is 0.571. The van der Waals surface area contributed by atoms with Crippen LogP contribution in [0.15, 0.2) is 24.3 Å². The van der Waals surface area contributed by atoms with Gasteiger partial charge in [0.2, 0.25) is 11.8 Å². The maximum Gasteiger partial charge on any atom is 0.241 e. The van der Waals surface area contributed by atoms with Crippen molar-refractivity contribution in [3.05, 3.63) is 29.8 Å². The van der Waals surface area contributed by atoms with Crippen LogP contribution in [0.25, 0.3) is 0 Å². The number of likely N-dealkylation sites (tertiary alicyclic amines) is 3. The molecule has 3 saturated heterocycles. The van der Waals surface area contributed by atoms with Crippen LogP contribution in [0.3, 0.4) is 0 Å². The number of carbonyl (C=O) groups excluding carboxylic acids is 2. The predicted octanol–water partition coefficient (Wildman–Crippen LogP) is 0.0806. The van der Waals surface area contributed by atoms with E-state index in [1.165, 1.54) is 0 Å². The molecule has 10 nitrogen and oxygen atoms in total. The van der Waals surface area contributed by atoms with Gasteiger partial charge in [0.15, 0.2) is 0 Å². The third-order valence-electron chi connectivity index (χ3n) is 6.76. The summed E-state index contributed by atoms with van der Waals surface area (Å²) in [6, 6.07) is 7.56. The van der Waals surface area contributed by atoms with Gasteiger partial charge in [-0.2, -0.15) is 5.26 Å². The summed E-state index contributed by atoms with van der Waals surface area (Å²) in [5, 5.41) is 9.22. The quantitative estimate of drug-likeness (QED) is 0.549. The van der Waals surface area contributed by atoms with Gasteiger partial charge < -0.3 is 24.8 Å². The van der Waals surface area contributed by atoms with Gasteiger partial charge in [-0.05, 0) is 43.9 Å². The van der Waals surface area contributed by atoms with E-state index in [4.69, 9.17) is 5.73 Å². The number of nitrogens with one attached hydrogen (secondary N) is 1. The zero-order valence-electron chi connectivity index (χ0n) is 17.8. The highest BCUT2D eigenvalue weighted by Gasteiger charge is 2.51. The zero-order chi connectivity index (χ0) is 23.0. The average Bonchev–Trinajstić information content (AvgIpc) is 3.47. The number of nitrogens with two attached hydrogens (primary N) is 1. The number of carbonyl (C=O) groups is 2. The Labute approximate surface area is 189 Å². The third kappa shape index (κ3) is 4.23. The monoisotopic (exact) mass is 459 g/mol. The van der Waals surface area contributed by atoms with Crippen LogP contribution >= 0.6 is 0 Å². The van der Waals surface area contributed by atoms with Crippen molar-refractivity contribution in [3.8, 4) is 6.07 Å². The molecular formula is C21H27N6O4S-. The average molecular weight is 460 g/mol. The van der Waals surface area contributed by atoms with Crippen molar-refractivity contribution in [1.29, 1.82) is 5.26 Å². The summed E-state index contributed by atoms with van der Waals surface area (Å²) in [6.07, 6.45) is 2.19. The SMILES string of the molecule is C[C@H](c1ccc(NS(=O)[O-])cc1)N1C(=O)[C@@H]2C[C@H]1CN2C[C@H](N)C(=O)N1CCC[C@H]1C#N. The molecule has 1 aromatic carbocycles. The molecular weight excluding hydrogens is 432 g/mol. The van der Waals surface area contributed by atoms with Crippen LogP contribution < -0.4 is 10.5 Å². The van der Waals surface area contributed by atoms with Gasteiger partial charge in [-0.1, -0.05) is 12.1 Å². The summed E-state index contributed by atoms with van der Waals surface area (Å²) in [5.41, 5.74) is 7.57. The number of amides is 2. The molecule has 0 aromatic heterocycles. The fourth-order valence-corrected chi connectivity index (χ4v) is 5.52. The molecule has 3 fully saturated rings. The molecule has 2 amide bonds. The lowest BCUT2D eigenvalue weighted by atomic mass is 10.0. The van der Waals surface area contributed by atoms with Gasteiger partial charge in [0, 0.05) is 42.6 Å². The Morgan fingerprint density at radius 1 is 1.41 bits per heavy atom. The molecule has 3 aliphatic heterocycles. The zero-order valence-corrected chi connectivity index (χ0v) is 18.7. The summed E-state index contributed by atoms with van der Waals surface area (Å²) in [4.78, 5) is 31.3. The summed E-state index contributed by atoms with van der Waals surface area (Å²) >= 11 is -2.38. The van der Waals surface area contributed by atoms with Crippen molar-refractivity contribution in [2.24, 2.45) is 5.73 Å². The van der Waals surface area contributed by atoms with Crippen LogP contribution in [-0.4, -0.2) is 79.1 Å². The molecule has 1 unspecified atom stereocenters. The Bertz CT molecular complexity index is 951. The standard InChI is InChI=1S/C21H28N6O4S/c1-13(14-4-6-15(7-5-14)24-32(30)31)27-17-9-19(21(27)29)25(11-17)12-18(23)20(28)26-8-2-3-16(26)10-22/h4-7,13,16-19,24H,2-3,8-9,11-12,23H2,1H3,(H,30,31)/p-1/t13-,16+,17+,18+,19+/m1/s1. The van der Waals surface area contributed by atoms with Crippen LogP contribution in [0.1, 0.15) is 37.8 Å². The van der Waals surface area contributed by atoms with Crippen molar-refractivity contribution in [1.82, 2.24) is 14.7 Å². The molecule has 3 heterocycles. The molecule has 1 aromatic rings. The van der Waals surface area contributed by atoms with Crippen molar-refractivity contribution < 1.29 is 18.4 Å². The van der Waals surface area contributed by atoms with E-state index in [9.17, 15) is 23.6 Å². The largest absolute Gasteiger partial charge is 0.755 e. The highest BCUT2D eigenvalue weighted by molar-refractivity contribution is 7.80. The lowest BCUT2D eigenvalue weighted by Crippen LogP contribution is -2.56. The molecule has 6 atom stereocenters. The van der Waals surface area contributed by atoms with E-state index in [1.807, 2.05) is 28.9 Å². The first-order chi connectivity index (χ1) is 15.3. The van der Waals surface area contributed by atoms with E-state index in [0.717, 1.165) is 12.0 Å². The minimum absolute atomic E-state index is 0.0207. The highest BCUT2D eigenvalue weighted by atomic mass is 32.2. The molecule has 3 aliphatic rings. The number of hydrogen-bond donors (Lipinski definition) is 2. The normalized spacial score (nSPS) is 27.9. The van der Waals surface area contributed by atoms with Crippen LogP contribution in [0, 0.1) is 11.3 Å². The fourth-order valence-electron chi connectivity index (χ4n) is 5.19. The number of benzene rings is 1. The maximum atomic E-state index is 13.1. The van der Waals surface area contributed by atoms with Gasteiger partial charge in [0.25, 0.3) is 0 Å². The predicted molar refractivity (Wildman–Crippen MR) is 116 cm³/mol. The van der Waals surface area contributed by atoms with Crippen molar-refractivity contribution >= 4 is 28.8 Å². The number of piperazine rings is 1. The van der Waals surface area contributed by atoms with E-state index in [0.29, 0.717) is 38.2 Å². The summed E-state index contributed by atoms with van der Waals surface area (Å²) < 4.78 is 23.8. The third-order valence-corrected chi connectivity index (χ3v) is 7.16. The molecule has 0 aliphatic carbocycles. The summed E-state index contributed by atoms with van der Waals surface area (Å²) in [7, 11) is 0. The van der Waals surface area contributed by atoms with E-state index < -0.39 is 23.4 Å². The Balaban J connectivity index is 1.37. The molecule has 0 spiro atoms. The second kappa shape index (κ2) is 9.15. The smallest absolute Gasteiger partial charge is 0.241 e. The van der Waals surface area contributed by atoms with Gasteiger partial charge in [0.05, 0.1) is 24.2 Å². The van der Waals surface area contributed by atoms with E-state index in [2.05, 4.69) is 10.8 Å². The van der Waals surface area contributed by atoms with Crippen LogP contribution in [-0.2, 0) is 20.9 Å². The lowest BCUT2D eigenvalue weighted by molar-refractivity contribution is -0.140. The number of nitriles is 1. The summed E-state index contributed by atoms with van der Waals surface area (Å²) in [5.74, 6) is -0.199. The molecule has 3 N–H and O–H groups in total. The van der Waals surface area contributed by atoms with Crippen LogP contribution in [0.5, 0.6) is 0 Å². The molecule has 11 heteroatoms. The van der Waals surface area contributed by atoms with Crippen LogP contribution in [0.2, 0.25) is 0 Å². The Kier molecular flexibility index (Phi) is 6.48. The first-order valence-electron chi connectivity index (χ1n) is 10.8. The molecule has 0 radical (unpaired) electrons. The first-order valence-corrected chi connectivity index (χ1v) is 11.9. The van der Waals surface area contributed by atoms with E-state index in [1.54, 1.807) is 17.0 Å². The van der Waals surface area contributed by atoms with Gasteiger partial charge in [-0.3, -0.25) is 18.7 Å². The topological polar surface area (TPSA) is 146 Å². The molecule has 172 valence electrons. The van der Waals surface area contributed by atoms with E-state index in [-0.39, 0.29) is 29.9 Å². The number of fused-ring (bicyclic) bond motifs is 2. The minimum atomic E-state index is -2.38. The van der Waals surface area contributed by atoms with Crippen molar-refractivity contribution in [2.45, 2.75) is 56.4 Å².